The van der Waals surface area contributed by atoms with Crippen LogP contribution in [0.3, 0.4) is 0 Å². The number of fused-ring (bicyclic) bond motifs is 19. The Labute approximate surface area is 593 Å². The number of hydrogen-bond donors (Lipinski definition) is 3. The summed E-state index contributed by atoms with van der Waals surface area (Å²) in [6.07, 6.45) is 4.48. The van der Waals surface area contributed by atoms with E-state index in [9.17, 15) is 4.79 Å². The summed E-state index contributed by atoms with van der Waals surface area (Å²) in [6, 6.07) is 105. The molecule has 0 aliphatic rings. The molecule has 8 aromatic heterocycles. The van der Waals surface area contributed by atoms with Gasteiger partial charge >= 0.3 is 0 Å². The minimum atomic E-state index is 0. The van der Waals surface area contributed by atoms with Gasteiger partial charge in [0.15, 0.2) is 6.29 Å². The van der Waals surface area contributed by atoms with Crippen LogP contribution in [0, 0.1) is 3.57 Å². The van der Waals surface area contributed by atoms with Crippen molar-refractivity contribution >= 4 is 167 Å². The molecule has 14 heteroatoms. The molecule has 20 rings (SSSR count). The van der Waals surface area contributed by atoms with Gasteiger partial charge in [-0.1, -0.05) is 201 Å². The van der Waals surface area contributed by atoms with E-state index in [-0.39, 0.29) is 7.43 Å². The van der Waals surface area contributed by atoms with Gasteiger partial charge in [0.25, 0.3) is 0 Å². The molecule has 0 atom stereocenters. The molecule has 0 radical (unpaired) electrons. The fourth-order valence-electron chi connectivity index (χ4n) is 13.5. The van der Waals surface area contributed by atoms with Crippen molar-refractivity contribution in [2.24, 2.45) is 0 Å². The van der Waals surface area contributed by atoms with Crippen LogP contribution in [0.15, 0.2) is 322 Å². The quantitative estimate of drug-likeness (QED) is 0.0509. The average Bonchev–Trinajstić information content (AvgIpc) is 1.51. The van der Waals surface area contributed by atoms with E-state index in [4.69, 9.17) is 38.0 Å². The van der Waals surface area contributed by atoms with E-state index >= 15 is 0 Å². The molecule has 100 heavy (non-hydrogen) atoms. The minimum absolute atomic E-state index is 0. The van der Waals surface area contributed by atoms with Crippen molar-refractivity contribution in [1.29, 1.82) is 0 Å². The molecule has 8 heterocycles. The van der Waals surface area contributed by atoms with Crippen LogP contribution < -0.4 is 11.5 Å². The Balaban J connectivity index is 0.000000111. The van der Waals surface area contributed by atoms with Gasteiger partial charge in [0, 0.05) is 78.3 Å². The first-order valence-electron chi connectivity index (χ1n) is 32.3. The number of imidazole rings is 2. The minimum Gasteiger partial charge on any atom is -0.397 e. The SMILES string of the molecule is C.Clc1ncccc1I.Nc1ccccc1N.O=Cc1cccc2c3ccccc3n(-c3ccccc3)c12.c1ccc(-n2c3ccccc3c3ccc4c5ncccc5n5c6ccccc6nc5c4c32)cc1.c1ccc(-n2c3ccccc3c3cccc(-c4nc5ccccc5[nH]4)c32)cc1. The number of nitrogens with one attached hydrogen (secondary N) is 1. The number of hydrogen-bond acceptors (Lipinski definition) is 7. The molecule has 0 fully saturated rings. The molecule has 20 aromatic rings. The summed E-state index contributed by atoms with van der Waals surface area (Å²) in [5.74, 6) is 0.895. The lowest BCUT2D eigenvalue weighted by atomic mass is 10.0. The zero-order chi connectivity index (χ0) is 66.9. The standard InChI is InChI=1S/C30H18N4.C25H17N3.C19H13NO.C6H8N2.C5H3ClIN.CH4/c1-2-9-19(10-3-1)33-24-13-6-4-11-20(24)21-16-17-22-27(29(21)33)30-32-23-12-5-7-14-25(23)34(30)26-15-8-18-31-28(22)26;1-2-9-17(10-3-1)28-23-16-7-4-11-18(23)19-12-8-13-20(24(19)28)25-26-21-14-5-6-15-22(21)27-25;21-13-14-7-6-11-17-16-10-4-5-12-18(16)20(19(14)17)15-8-2-1-3-9-15;7-5-3-1-2-4-6(5)8;6-5-4(7)2-1-3-8-5;/h1-18H;1-16H,(H,26,27);1-13H;1-4H,7-8H2;1-3H;1H4. The third kappa shape index (κ3) is 11.5. The van der Waals surface area contributed by atoms with Gasteiger partial charge < -0.3 is 30.2 Å². The normalized spacial score (nSPS) is 11.1. The number of aromatic nitrogens is 9. The van der Waals surface area contributed by atoms with Crippen molar-refractivity contribution in [3.63, 3.8) is 0 Å². The number of H-pyrrole nitrogens is 1. The van der Waals surface area contributed by atoms with Gasteiger partial charge in [-0.25, -0.2) is 15.0 Å². The molecule has 12 aromatic carbocycles. The number of pyridine rings is 3. The summed E-state index contributed by atoms with van der Waals surface area (Å²) < 4.78 is 10.1. The lowest BCUT2D eigenvalue weighted by molar-refractivity contribution is 0.112. The van der Waals surface area contributed by atoms with E-state index in [2.05, 4.69) is 251 Å². The second kappa shape index (κ2) is 27.6. The number of nitrogens with zero attached hydrogens (tertiary/aromatic N) is 8. The number of aldehydes is 1. The molecule has 482 valence electrons. The Morgan fingerprint density at radius 3 is 1.40 bits per heavy atom. The Morgan fingerprint density at radius 1 is 0.390 bits per heavy atom. The van der Waals surface area contributed by atoms with E-state index in [1.165, 1.54) is 43.5 Å². The fraction of sp³-hybridized carbons (Fsp3) is 0.0116. The lowest BCUT2D eigenvalue weighted by Gasteiger charge is -2.12. The van der Waals surface area contributed by atoms with Crippen molar-refractivity contribution in [2.75, 3.05) is 11.5 Å². The first-order chi connectivity index (χ1) is 48.8. The summed E-state index contributed by atoms with van der Waals surface area (Å²) in [5, 5.41) is 10.0. The van der Waals surface area contributed by atoms with Gasteiger partial charge in [-0.05, 0) is 150 Å². The summed E-state index contributed by atoms with van der Waals surface area (Å²) in [6.45, 7) is 0. The van der Waals surface area contributed by atoms with Crippen molar-refractivity contribution in [2.45, 2.75) is 7.43 Å². The Bertz CT molecular complexity index is 6280. The molecule has 5 N–H and O–H groups in total. The van der Waals surface area contributed by atoms with Crippen molar-refractivity contribution < 1.29 is 4.79 Å². The van der Waals surface area contributed by atoms with Crippen LogP contribution in [0.25, 0.3) is 143 Å². The monoisotopic (exact) mass is 1430 g/mol. The second-order valence-electron chi connectivity index (χ2n) is 23.6. The molecule has 0 aliphatic carbocycles. The van der Waals surface area contributed by atoms with Gasteiger partial charge in [0.05, 0.1) is 86.5 Å². The summed E-state index contributed by atoms with van der Waals surface area (Å²) in [5.41, 5.74) is 31.2. The number of nitrogen functional groups attached to an aromatic ring is 2. The number of aromatic amines is 1. The van der Waals surface area contributed by atoms with Gasteiger partial charge in [-0.3, -0.25) is 14.2 Å². The largest absolute Gasteiger partial charge is 0.397 e. The highest BCUT2D eigenvalue weighted by Crippen LogP contribution is 2.42. The number of anilines is 2. The third-order valence-electron chi connectivity index (χ3n) is 17.8. The van der Waals surface area contributed by atoms with Crippen LogP contribution in [0.2, 0.25) is 5.15 Å². The number of benzene rings is 12. The zero-order valence-electron chi connectivity index (χ0n) is 53.1. The average molecular weight is 1430 g/mol. The number of para-hydroxylation sites is 14. The van der Waals surface area contributed by atoms with Gasteiger partial charge in [0.2, 0.25) is 0 Å². The fourth-order valence-corrected chi connectivity index (χ4v) is 14.0. The molecule has 0 saturated heterocycles. The number of rotatable bonds is 5. The highest BCUT2D eigenvalue weighted by Gasteiger charge is 2.23. The third-order valence-corrected chi connectivity index (χ3v) is 19.3. The lowest BCUT2D eigenvalue weighted by Crippen LogP contribution is -1.97. The van der Waals surface area contributed by atoms with Crippen LogP contribution in [0.5, 0.6) is 0 Å². The van der Waals surface area contributed by atoms with Crippen LogP contribution >= 0.6 is 34.2 Å². The van der Waals surface area contributed by atoms with E-state index in [0.717, 1.165) is 110 Å². The highest BCUT2D eigenvalue weighted by atomic mass is 127. The predicted molar refractivity (Wildman–Crippen MR) is 426 cm³/mol. The van der Waals surface area contributed by atoms with Crippen molar-refractivity contribution in [3.05, 3.63) is 336 Å². The number of nitrogens with two attached hydrogens (primary N) is 2. The number of carbonyl (C=O) groups excluding carboxylic acids is 1. The maximum absolute atomic E-state index is 11.5. The molecule has 0 aliphatic heterocycles. The zero-order valence-corrected chi connectivity index (χ0v) is 56.0. The van der Waals surface area contributed by atoms with E-state index < -0.39 is 0 Å². The van der Waals surface area contributed by atoms with Crippen molar-refractivity contribution in [1.82, 2.24) is 43.0 Å². The Morgan fingerprint density at radius 2 is 0.840 bits per heavy atom. The van der Waals surface area contributed by atoms with Crippen LogP contribution in [-0.4, -0.2) is 49.3 Å². The van der Waals surface area contributed by atoms with E-state index in [1.807, 2.05) is 103 Å². The first kappa shape index (κ1) is 63.6. The van der Waals surface area contributed by atoms with Crippen LogP contribution in [-0.2, 0) is 0 Å². The number of carbonyl (C=O) groups is 1. The maximum atomic E-state index is 11.5. The smallest absolute Gasteiger partial charge is 0.152 e. The topological polar surface area (TPSA) is 156 Å². The molecule has 12 nitrogen and oxygen atoms in total. The summed E-state index contributed by atoms with van der Waals surface area (Å²) in [7, 11) is 0. The molecule has 0 saturated carbocycles. The molecular formula is C86H63ClIN11O. The summed E-state index contributed by atoms with van der Waals surface area (Å²) >= 11 is 7.72. The van der Waals surface area contributed by atoms with Crippen LogP contribution in [0.4, 0.5) is 11.4 Å². The molecular weight excluding hydrogens is 1370 g/mol. The molecule has 0 bridgehead atoms. The molecule has 0 spiro atoms. The summed E-state index contributed by atoms with van der Waals surface area (Å²) in [4.78, 5) is 33.7. The first-order valence-corrected chi connectivity index (χ1v) is 33.7. The maximum Gasteiger partial charge on any atom is 0.152 e. The Hall–Kier alpha value is -12.4. The highest BCUT2D eigenvalue weighted by molar-refractivity contribution is 14.1. The second-order valence-corrected chi connectivity index (χ2v) is 25.2. The van der Waals surface area contributed by atoms with Crippen LogP contribution in [0.1, 0.15) is 17.8 Å². The van der Waals surface area contributed by atoms with Crippen molar-refractivity contribution in [3.8, 4) is 28.5 Å². The van der Waals surface area contributed by atoms with Gasteiger partial charge in [0.1, 0.15) is 16.6 Å². The van der Waals surface area contributed by atoms with E-state index in [0.29, 0.717) is 22.1 Å². The van der Waals surface area contributed by atoms with Gasteiger partial charge in [-0.2, -0.15) is 0 Å². The number of halogens is 2. The van der Waals surface area contributed by atoms with Gasteiger partial charge in [-0.15, -0.1) is 0 Å². The van der Waals surface area contributed by atoms with E-state index in [1.54, 1.807) is 18.3 Å². The predicted octanol–water partition coefficient (Wildman–Crippen LogP) is 22.0. The Kier molecular flexibility index (Phi) is 17.6. The molecule has 0 unspecified atom stereocenters. The molecule has 0 amide bonds.